The van der Waals surface area contributed by atoms with Crippen LogP contribution in [0.2, 0.25) is 20.2 Å². The highest BCUT2D eigenvalue weighted by Gasteiger charge is 2.49. The summed E-state index contributed by atoms with van der Waals surface area (Å²) in [5.41, 5.74) is 8.80. The lowest BCUT2D eigenvalue weighted by atomic mass is 9.58. The van der Waals surface area contributed by atoms with Gasteiger partial charge in [-0.1, -0.05) is 85.4 Å². The molecule has 17 aromatic rings. The van der Waals surface area contributed by atoms with E-state index in [-0.39, 0.29) is 40.0 Å². The quantitative estimate of drug-likeness (QED) is 0.0529. The van der Waals surface area contributed by atoms with Gasteiger partial charge in [0.1, 0.15) is 34.8 Å². The number of nitrogens with one attached hydrogen (secondary N) is 5. The number of rotatable bonds is 17. The van der Waals surface area contributed by atoms with E-state index in [2.05, 4.69) is 138 Å². The second kappa shape index (κ2) is 37.6. The summed E-state index contributed by atoms with van der Waals surface area (Å²) in [4.78, 5) is 75.4. The fraction of sp³-hybridized carbons (Fsp3) is 0.417. The van der Waals surface area contributed by atoms with E-state index < -0.39 is 5.82 Å². The van der Waals surface area contributed by atoms with Crippen LogP contribution in [0.5, 0.6) is 0 Å². The molecule has 0 spiro atoms. The van der Waals surface area contributed by atoms with Gasteiger partial charge in [0.15, 0.2) is 85.9 Å². The molecule has 17 heterocycles. The minimum Gasteiger partial charge on any atom is -0.463 e. The first-order valence-corrected chi connectivity index (χ1v) is 50.9. The third kappa shape index (κ3) is 17.6. The normalized spacial score (nSPS) is 24.6. The van der Waals surface area contributed by atoms with Gasteiger partial charge >= 0.3 is 6.03 Å². The average molecular weight is 1950 g/mol. The van der Waals surface area contributed by atoms with E-state index in [1.54, 1.807) is 88.6 Å². The molecule has 12 aliphatic carbocycles. The predicted molar refractivity (Wildman–Crippen MR) is 526 cm³/mol. The number of fused-ring (bicyclic) bond motifs is 17. The van der Waals surface area contributed by atoms with Crippen LogP contribution in [0.1, 0.15) is 166 Å². The molecule has 8 bridgehead atoms. The van der Waals surface area contributed by atoms with Crippen molar-refractivity contribution < 1.29 is 22.4 Å². The van der Waals surface area contributed by atoms with E-state index in [1.807, 2.05) is 41.3 Å². The lowest BCUT2D eigenvalue weighted by Gasteiger charge is -2.51. The molecule has 1 aromatic carbocycles. The number of hydrogen-bond donors (Lipinski definition) is 5. The molecule has 0 radical (unpaired) electrons. The number of imidazole rings is 1. The number of aromatic nitrogens is 23. The smallest absolute Gasteiger partial charge is 0.317 e. The van der Waals surface area contributed by atoms with Crippen LogP contribution in [0.15, 0.2) is 151 Å². The number of aromatic amines is 4. The topological polar surface area (TPSA) is 338 Å². The summed E-state index contributed by atoms with van der Waals surface area (Å²) in [5, 5.41) is 37.9. The highest BCUT2D eigenvalue weighted by atomic mass is 35.5. The Kier molecular flexibility index (Phi) is 24.5. The summed E-state index contributed by atoms with van der Waals surface area (Å²) in [6, 6.07) is 29.1. The lowest BCUT2D eigenvalue weighted by Crippen LogP contribution is -2.59. The number of urea groups is 1. The van der Waals surface area contributed by atoms with Crippen molar-refractivity contribution in [1.82, 2.24) is 125 Å². The summed E-state index contributed by atoms with van der Waals surface area (Å²) < 4.78 is 56.0. The highest BCUT2D eigenvalue weighted by molar-refractivity contribution is 7.22. The first-order valence-electron chi connectivity index (χ1n) is 48.6. The molecule has 6 unspecified atom stereocenters. The number of H-pyrrole nitrogens is 4. The number of carbonyl (C=O) groups is 1. The molecule has 138 heavy (non-hydrogen) atoms. The van der Waals surface area contributed by atoms with Crippen molar-refractivity contribution in [3.05, 3.63) is 207 Å². The van der Waals surface area contributed by atoms with Gasteiger partial charge in [0.05, 0.1) is 64.8 Å². The van der Waals surface area contributed by atoms with Gasteiger partial charge in [0, 0.05) is 78.1 Å². The van der Waals surface area contributed by atoms with Crippen molar-refractivity contribution >= 4 is 118 Å². The van der Waals surface area contributed by atoms with Crippen molar-refractivity contribution in [3.63, 3.8) is 0 Å². The van der Waals surface area contributed by atoms with Crippen molar-refractivity contribution in [3.8, 4) is 79.7 Å². The Morgan fingerprint density at radius 1 is 0.486 bits per heavy atom. The Labute approximate surface area is 816 Å². The van der Waals surface area contributed by atoms with Crippen molar-refractivity contribution in [2.24, 2.45) is 82.9 Å². The minimum absolute atomic E-state index is 0.110. The zero-order valence-corrected chi connectivity index (χ0v) is 80.3. The SMILES string of the molecule is CC1C2CCC(CC2)C1Cc1cc(-c2cc3ccccc3s2)nc(-c2[nH]nc3nc(Cl)c(F)cc23)n1.CC1C2CCC(CC2)C1Cc1nc(-c2[nH]nc3ncc(Cl)cc23)nc(-n2cccc2)c1F.CC1C2CCC(CC2)C1Cc1nc(-c2[nH]nc3ncc(Cl)cc23)nc(-n2ccnc2)c1F.O=C(NC12CCC(CC1)[C@H](Cc1cc(-c3ccco3)nc(-c3[nH]nc4ncc(Cl)cc34)n1)C2)N1CCCC1. The molecule has 706 valence electrons. The summed E-state index contributed by atoms with van der Waals surface area (Å²) in [6.07, 6.45) is 41.0. The van der Waals surface area contributed by atoms with Crippen LogP contribution in [-0.2, 0) is 25.7 Å². The molecular weight excluding hydrogens is 1850 g/mol. The number of halogens is 7. The largest absolute Gasteiger partial charge is 0.463 e. The molecule has 30 rings (SSSR count). The fourth-order valence-corrected chi connectivity index (χ4v) is 26.5. The molecule has 35 heteroatoms. The zero-order valence-electron chi connectivity index (χ0n) is 76.4. The van der Waals surface area contributed by atoms with Crippen LogP contribution in [-0.4, -0.2) is 144 Å². The van der Waals surface area contributed by atoms with E-state index in [0.717, 1.165) is 133 Å². The second-order valence-corrected chi connectivity index (χ2v) is 42.6. The maximum Gasteiger partial charge on any atom is 0.317 e. The first-order chi connectivity index (χ1) is 67.2. The minimum atomic E-state index is -0.584. The van der Waals surface area contributed by atoms with Crippen LogP contribution in [0.3, 0.4) is 0 Å². The third-order valence-electron chi connectivity index (χ3n) is 32.3. The highest BCUT2D eigenvalue weighted by Crippen LogP contribution is 2.55. The Balaban J connectivity index is 0.000000103. The zero-order chi connectivity index (χ0) is 93.7. The maximum absolute atomic E-state index is 15.8. The van der Waals surface area contributed by atoms with Crippen LogP contribution in [0.25, 0.3) is 134 Å². The Bertz CT molecular complexity index is 7120. The summed E-state index contributed by atoms with van der Waals surface area (Å²) in [6.45, 7) is 8.83. The van der Waals surface area contributed by atoms with Crippen LogP contribution >= 0.6 is 57.7 Å². The molecule has 7 atom stereocenters. The third-order valence-corrected chi connectivity index (χ3v) is 34.3. The van der Waals surface area contributed by atoms with Crippen molar-refractivity contribution in [2.75, 3.05) is 13.1 Å². The Morgan fingerprint density at radius 3 is 1.47 bits per heavy atom. The number of carbonyl (C=O) groups excluding carboxylic acids is 1. The second-order valence-electron chi connectivity index (χ2n) is 39.8. The number of likely N-dealkylation sites (tertiary alicyclic amines) is 1. The molecule has 13 aliphatic rings. The number of amides is 2. The number of furan rings is 1. The van der Waals surface area contributed by atoms with Gasteiger partial charge in [-0.3, -0.25) is 25.0 Å². The molecular formula is C103H102Cl4F3N25O2S. The number of thiophene rings is 1. The summed E-state index contributed by atoms with van der Waals surface area (Å²) in [5.74, 6) is 10.5. The van der Waals surface area contributed by atoms with Crippen LogP contribution in [0.4, 0.5) is 18.0 Å². The standard InChI is InChI=1S/C28H25ClFN5S.C28H30ClN7O2.C24H24ClFN6.C23H23ClFN7/c1-14-15-6-8-16(9-7-15)19(14)11-18-12-22(24-10-17-4-2-3-5-23(17)36-24)32-28(31-18)25-20-13-21(30)26(29)33-27(20)35-34-25;29-19-13-21-24(34-35-25(21)30-16-19)26-31-20(14-22(32-26)23-4-3-11-38-23)12-18-15-28(7-5-17(18)6-8-28)33-27(37)36-9-1-2-10-36;1-13-14-4-6-15(7-5-14)17(13)11-19-20(26)24(32-8-2-3-9-32)29-23(28-19)21-18-10-16(25)12-27-22(18)31-30-21;1-12-13-2-4-14(5-3-13)16(12)9-18-19(25)23(32-7-6-26-11-32)29-22(28-18)20-17-8-15(24)10-27-21(17)31-30-20/h2-5,10,12-16,19H,6-9,11H2,1H3,(H,33,34,35);3-4,11,13-14,16-18H,1-2,5-10,12,15H2,(H,33,37)(H,30,34,35);2-3,8-10,12-15,17H,4-7,11H2,1H3,(H,27,30,31);6-8,10-14,16H,2-5,9H2,1H3,(H,27,30,31)/t;17?,18-,28?;;/m.1../s1. The Morgan fingerprint density at radius 2 is 0.964 bits per heavy atom. The maximum atomic E-state index is 15.8. The van der Waals surface area contributed by atoms with Gasteiger partial charge in [-0.25, -0.2) is 82.8 Å². The van der Waals surface area contributed by atoms with Gasteiger partial charge in [-0.05, 0) is 309 Å². The van der Waals surface area contributed by atoms with E-state index in [9.17, 15) is 9.18 Å². The molecule has 1 aliphatic heterocycles. The van der Waals surface area contributed by atoms with Gasteiger partial charge in [0.25, 0.3) is 0 Å². The first kappa shape index (κ1) is 89.9. The molecule has 2 amide bonds. The van der Waals surface area contributed by atoms with Gasteiger partial charge in [0.2, 0.25) is 0 Å². The van der Waals surface area contributed by atoms with Gasteiger partial charge in [-0.2, -0.15) is 20.4 Å². The van der Waals surface area contributed by atoms with Crippen LogP contribution in [0, 0.1) is 100 Å². The summed E-state index contributed by atoms with van der Waals surface area (Å²) in [7, 11) is 0. The average Bonchev–Trinajstić information content (AvgIpc) is 1.76. The monoisotopic (exact) mass is 1950 g/mol. The van der Waals surface area contributed by atoms with E-state index in [1.165, 1.54) is 93.2 Å². The molecule has 13 fully saturated rings. The van der Waals surface area contributed by atoms with E-state index in [0.29, 0.717) is 184 Å². The molecule has 1 saturated heterocycles. The number of pyridine rings is 4. The summed E-state index contributed by atoms with van der Waals surface area (Å²) >= 11 is 26.2. The number of nitrogens with zero attached hydrogens (tertiary/aromatic N) is 20. The van der Waals surface area contributed by atoms with Crippen LogP contribution < -0.4 is 5.32 Å². The number of hydrogen-bond acceptors (Lipinski definition) is 20. The molecule has 27 nitrogen and oxygen atoms in total. The number of benzene rings is 1. The van der Waals surface area contributed by atoms with Gasteiger partial charge in [-0.15, -0.1) is 11.3 Å². The molecule has 16 aromatic heterocycles. The van der Waals surface area contributed by atoms with Crippen molar-refractivity contribution in [2.45, 2.75) is 174 Å². The lowest BCUT2D eigenvalue weighted by molar-refractivity contribution is 0.0334. The molecule has 12 saturated carbocycles. The van der Waals surface area contributed by atoms with E-state index in [4.69, 9.17) is 80.7 Å². The van der Waals surface area contributed by atoms with Gasteiger partial charge < -0.3 is 19.2 Å². The fourth-order valence-electron chi connectivity index (χ4n) is 24.9. The Hall–Kier alpha value is -12.0. The van der Waals surface area contributed by atoms with E-state index >= 15 is 8.78 Å². The van der Waals surface area contributed by atoms with Crippen molar-refractivity contribution in [1.29, 1.82) is 0 Å². The molecule has 5 N–H and O–H groups in total. The predicted octanol–water partition coefficient (Wildman–Crippen LogP) is 23.9.